The topological polar surface area (TPSA) is 119 Å². The fourth-order valence-electron chi connectivity index (χ4n) is 3.14. The third-order valence-electron chi connectivity index (χ3n) is 4.90. The van der Waals surface area contributed by atoms with Crippen LogP contribution in [-0.4, -0.2) is 35.2 Å². The normalized spacial score (nSPS) is 11.2. The van der Waals surface area contributed by atoms with Crippen LogP contribution < -0.4 is 15.4 Å². The van der Waals surface area contributed by atoms with Gasteiger partial charge in [0, 0.05) is 42.7 Å². The van der Waals surface area contributed by atoms with E-state index < -0.39 is 10.0 Å². The van der Waals surface area contributed by atoms with Crippen molar-refractivity contribution in [1.29, 1.82) is 0 Å². The number of nitrogens with one attached hydrogen (secondary N) is 1. The zero-order valence-corrected chi connectivity index (χ0v) is 18.8. The smallest absolute Gasteiger partial charge is 0.238 e. The molecule has 0 spiro atoms. The van der Waals surface area contributed by atoms with E-state index in [2.05, 4.69) is 20.4 Å². The Labute approximate surface area is 186 Å². The summed E-state index contributed by atoms with van der Waals surface area (Å²) in [6.07, 6.45) is 1.63. The van der Waals surface area contributed by atoms with Crippen molar-refractivity contribution in [2.75, 3.05) is 17.3 Å². The van der Waals surface area contributed by atoms with Gasteiger partial charge in [0.1, 0.15) is 5.82 Å². The van der Waals surface area contributed by atoms with E-state index in [9.17, 15) is 8.42 Å². The maximum Gasteiger partial charge on any atom is 0.238 e. The van der Waals surface area contributed by atoms with Gasteiger partial charge in [0.15, 0.2) is 0 Å². The summed E-state index contributed by atoms with van der Waals surface area (Å²) in [7, 11) is 0.0387. The lowest BCUT2D eigenvalue weighted by Gasteiger charge is -2.19. The van der Waals surface area contributed by atoms with Gasteiger partial charge in [-0.1, -0.05) is 6.07 Å². The average Bonchev–Trinajstić information content (AvgIpc) is 3.00. The summed E-state index contributed by atoms with van der Waals surface area (Å²) in [5.41, 5.74) is 3.47. The van der Waals surface area contributed by atoms with Gasteiger partial charge in [-0.2, -0.15) is 10.1 Å². The predicted octanol–water partition coefficient (Wildman–Crippen LogP) is 3.25. The number of aromatic nitrogens is 4. The molecule has 2 heterocycles. The highest BCUT2D eigenvalue weighted by atomic mass is 35.5. The molecule has 4 rings (SSSR count). The summed E-state index contributed by atoms with van der Waals surface area (Å²) >= 11 is 0. The first-order valence-corrected chi connectivity index (χ1v) is 10.7. The summed E-state index contributed by atoms with van der Waals surface area (Å²) in [4.78, 5) is 10.7. The van der Waals surface area contributed by atoms with Crippen LogP contribution in [0.15, 0.2) is 59.6 Å². The molecule has 0 saturated carbocycles. The summed E-state index contributed by atoms with van der Waals surface area (Å²) in [6.45, 7) is 2.03. The van der Waals surface area contributed by atoms with Crippen molar-refractivity contribution in [1.82, 2.24) is 19.7 Å². The molecule has 0 saturated heterocycles. The molecule has 0 aliphatic heterocycles. The monoisotopic (exact) mass is 459 g/mol. The molecule has 11 heteroatoms. The van der Waals surface area contributed by atoms with Crippen LogP contribution in [0.2, 0.25) is 0 Å². The second-order valence-corrected chi connectivity index (χ2v) is 8.47. The predicted molar refractivity (Wildman–Crippen MR) is 124 cm³/mol. The first-order chi connectivity index (χ1) is 14.2. The number of sulfonamides is 1. The molecule has 162 valence electrons. The average molecular weight is 460 g/mol. The van der Waals surface area contributed by atoms with Gasteiger partial charge < -0.3 is 10.2 Å². The Morgan fingerprint density at radius 3 is 2.65 bits per heavy atom. The van der Waals surface area contributed by atoms with E-state index in [1.165, 1.54) is 12.1 Å². The van der Waals surface area contributed by atoms with Gasteiger partial charge in [-0.25, -0.2) is 18.5 Å². The number of halogens is 1. The number of benzene rings is 2. The van der Waals surface area contributed by atoms with E-state index in [1.807, 2.05) is 48.8 Å². The van der Waals surface area contributed by atoms with Crippen molar-refractivity contribution < 1.29 is 8.42 Å². The Morgan fingerprint density at radius 2 is 1.90 bits per heavy atom. The van der Waals surface area contributed by atoms with Gasteiger partial charge >= 0.3 is 0 Å². The van der Waals surface area contributed by atoms with Crippen LogP contribution in [-0.2, 0) is 17.1 Å². The zero-order valence-electron chi connectivity index (χ0n) is 17.1. The Bertz CT molecular complexity index is 1350. The van der Waals surface area contributed by atoms with E-state index in [0.717, 1.165) is 22.3 Å². The lowest BCUT2D eigenvalue weighted by atomic mass is 10.2. The number of nitrogens with two attached hydrogens (primary N) is 1. The zero-order chi connectivity index (χ0) is 21.5. The number of fused-ring (bicyclic) bond motifs is 1. The van der Waals surface area contributed by atoms with Crippen molar-refractivity contribution in [3.8, 4) is 0 Å². The summed E-state index contributed by atoms with van der Waals surface area (Å²) < 4.78 is 25.0. The van der Waals surface area contributed by atoms with Gasteiger partial charge in [-0.3, -0.25) is 4.68 Å². The van der Waals surface area contributed by atoms with Crippen molar-refractivity contribution in [2.45, 2.75) is 11.8 Å². The number of nitrogens with zero attached hydrogens (tertiary/aromatic N) is 5. The molecule has 3 N–H and O–H groups in total. The van der Waals surface area contributed by atoms with E-state index in [1.54, 1.807) is 24.4 Å². The molecule has 2 aromatic carbocycles. The molecule has 0 aliphatic carbocycles. The number of primary sulfonamides is 1. The molecule has 0 amide bonds. The van der Waals surface area contributed by atoms with E-state index in [-0.39, 0.29) is 17.3 Å². The second kappa shape index (κ2) is 8.50. The summed E-state index contributed by atoms with van der Waals surface area (Å²) in [5.74, 6) is 1.00. The van der Waals surface area contributed by atoms with Gasteiger partial charge in [-0.15, -0.1) is 12.4 Å². The molecule has 0 radical (unpaired) electrons. The van der Waals surface area contributed by atoms with Gasteiger partial charge in [0.25, 0.3) is 0 Å². The lowest BCUT2D eigenvalue weighted by molar-refractivity contribution is 0.598. The Hall–Kier alpha value is -3.21. The SMILES string of the molecule is Cc1c2ccc(N(C)c3ccnc(Nc4cccc(S(N)(=O)=O)c4)n3)cc2nn1C.Cl. The number of anilines is 4. The fraction of sp³-hybridized carbons (Fsp3) is 0.150. The van der Waals surface area contributed by atoms with Gasteiger partial charge in [0.05, 0.1) is 10.4 Å². The van der Waals surface area contributed by atoms with Crippen LogP contribution in [0.3, 0.4) is 0 Å². The minimum Gasteiger partial charge on any atom is -0.329 e. The van der Waals surface area contributed by atoms with Crippen LogP contribution in [0, 0.1) is 6.92 Å². The fourth-order valence-corrected chi connectivity index (χ4v) is 3.70. The van der Waals surface area contributed by atoms with Crippen LogP contribution in [0.4, 0.5) is 23.1 Å². The highest BCUT2D eigenvalue weighted by molar-refractivity contribution is 7.89. The Kier molecular flexibility index (Phi) is 6.16. The molecule has 2 aromatic heterocycles. The molecule has 4 aromatic rings. The van der Waals surface area contributed by atoms with E-state index in [0.29, 0.717) is 17.5 Å². The van der Waals surface area contributed by atoms with Gasteiger partial charge in [0.2, 0.25) is 16.0 Å². The standard InChI is InChI=1S/C20H21N7O2S.ClH/c1-13-17-8-7-15(12-18(17)25-27(13)3)26(2)19-9-10-22-20(24-19)23-14-5-4-6-16(11-14)30(21,28)29;/h4-12H,1-3H3,(H2,21,28,29)(H,22,23,24);1H. The second-order valence-electron chi connectivity index (χ2n) is 6.91. The number of rotatable bonds is 5. The molecule has 0 bridgehead atoms. The molecule has 0 atom stereocenters. The highest BCUT2D eigenvalue weighted by Crippen LogP contribution is 2.27. The van der Waals surface area contributed by atoms with Gasteiger partial charge in [-0.05, 0) is 49.4 Å². The first-order valence-electron chi connectivity index (χ1n) is 9.12. The molecular formula is C20H22ClN7O2S. The molecule has 0 aliphatic rings. The third-order valence-corrected chi connectivity index (χ3v) is 5.82. The number of aryl methyl sites for hydroxylation is 2. The maximum atomic E-state index is 11.6. The highest BCUT2D eigenvalue weighted by Gasteiger charge is 2.12. The van der Waals surface area contributed by atoms with Crippen molar-refractivity contribution in [3.63, 3.8) is 0 Å². The van der Waals surface area contributed by atoms with Crippen molar-refractivity contribution >= 4 is 56.5 Å². The number of hydrogen-bond donors (Lipinski definition) is 2. The quantitative estimate of drug-likeness (QED) is 0.470. The van der Waals surface area contributed by atoms with Crippen LogP contribution in [0.1, 0.15) is 5.69 Å². The number of hydrogen-bond acceptors (Lipinski definition) is 7. The minimum absolute atomic E-state index is 0. The van der Waals surface area contributed by atoms with Crippen LogP contribution in [0.25, 0.3) is 10.9 Å². The van der Waals surface area contributed by atoms with E-state index >= 15 is 0 Å². The molecular weight excluding hydrogens is 438 g/mol. The lowest BCUT2D eigenvalue weighted by Crippen LogP contribution is -2.13. The van der Waals surface area contributed by atoms with Crippen molar-refractivity contribution in [3.05, 3.63) is 60.4 Å². The minimum atomic E-state index is -3.79. The van der Waals surface area contributed by atoms with E-state index in [4.69, 9.17) is 5.14 Å². The summed E-state index contributed by atoms with van der Waals surface area (Å²) in [6, 6.07) is 14.0. The molecule has 9 nitrogen and oxygen atoms in total. The Balaban J connectivity index is 0.00000272. The van der Waals surface area contributed by atoms with Crippen molar-refractivity contribution in [2.24, 2.45) is 12.2 Å². The molecule has 0 unspecified atom stereocenters. The van der Waals surface area contributed by atoms with Crippen LogP contribution in [0.5, 0.6) is 0 Å². The Morgan fingerprint density at radius 1 is 1.13 bits per heavy atom. The maximum absolute atomic E-state index is 11.6. The molecule has 0 fully saturated rings. The third kappa shape index (κ3) is 4.61. The summed E-state index contributed by atoms with van der Waals surface area (Å²) in [5, 5.41) is 13.9. The van der Waals surface area contributed by atoms with Crippen LogP contribution >= 0.6 is 12.4 Å². The molecule has 31 heavy (non-hydrogen) atoms. The first kappa shape index (κ1) is 22.5. The largest absolute Gasteiger partial charge is 0.329 e.